The van der Waals surface area contributed by atoms with Gasteiger partial charge in [0.1, 0.15) is 11.4 Å². The Labute approximate surface area is 181 Å². The lowest BCUT2D eigenvalue weighted by Gasteiger charge is -2.13. The second-order valence-electron chi connectivity index (χ2n) is 7.55. The third kappa shape index (κ3) is 7.58. The predicted molar refractivity (Wildman–Crippen MR) is 117 cm³/mol. The minimum atomic E-state index is -0.744. The second-order valence-corrected chi connectivity index (χ2v) is 7.55. The second kappa shape index (κ2) is 10.9. The van der Waals surface area contributed by atoms with E-state index in [9.17, 15) is 19.7 Å². The number of benzene rings is 2. The summed E-state index contributed by atoms with van der Waals surface area (Å²) in [6.07, 6.45) is 0.936. The molecule has 164 valence electrons. The van der Waals surface area contributed by atoms with Gasteiger partial charge in [0, 0.05) is 17.7 Å². The number of hydrogen-bond donors (Lipinski definition) is 1. The van der Waals surface area contributed by atoms with Gasteiger partial charge >= 0.3 is 5.97 Å². The molecule has 0 fully saturated rings. The average Bonchev–Trinajstić information content (AvgIpc) is 2.71. The highest BCUT2D eigenvalue weighted by molar-refractivity contribution is 6.03. The van der Waals surface area contributed by atoms with Gasteiger partial charge in [-0.2, -0.15) is 0 Å². The van der Waals surface area contributed by atoms with Gasteiger partial charge in [-0.3, -0.25) is 14.9 Å². The van der Waals surface area contributed by atoms with Gasteiger partial charge < -0.3 is 14.8 Å². The average molecular weight is 426 g/mol. The number of amides is 1. The van der Waals surface area contributed by atoms with Crippen LogP contribution < -0.4 is 10.1 Å². The van der Waals surface area contributed by atoms with Gasteiger partial charge in [-0.05, 0) is 55.7 Å². The normalized spacial score (nSPS) is 11.4. The molecule has 0 saturated carbocycles. The van der Waals surface area contributed by atoms with Crippen LogP contribution in [-0.2, 0) is 9.53 Å². The molecule has 0 saturated heterocycles. The first-order chi connectivity index (χ1) is 14.7. The van der Waals surface area contributed by atoms with E-state index in [-0.39, 0.29) is 11.4 Å². The molecule has 0 spiro atoms. The van der Waals surface area contributed by atoms with E-state index in [1.54, 1.807) is 44.2 Å². The van der Waals surface area contributed by atoms with Crippen molar-refractivity contribution in [1.82, 2.24) is 5.32 Å². The third-order valence-electron chi connectivity index (χ3n) is 3.90. The van der Waals surface area contributed by atoms with Crippen molar-refractivity contribution in [1.29, 1.82) is 0 Å². The molecule has 2 aromatic rings. The highest BCUT2D eigenvalue weighted by Gasteiger charge is 2.18. The van der Waals surface area contributed by atoms with E-state index in [1.807, 2.05) is 13.8 Å². The molecule has 1 amide bonds. The molecule has 0 radical (unpaired) electrons. The molecular formula is C23H26N2O6. The van der Waals surface area contributed by atoms with Gasteiger partial charge in [0.25, 0.3) is 11.6 Å². The minimum absolute atomic E-state index is 0.126. The lowest BCUT2D eigenvalue weighted by atomic mass is 10.1. The van der Waals surface area contributed by atoms with Crippen LogP contribution in [0.1, 0.15) is 43.6 Å². The van der Waals surface area contributed by atoms with Crippen molar-refractivity contribution in [2.75, 3.05) is 6.61 Å². The molecule has 0 bridgehead atoms. The molecule has 1 N–H and O–H groups in total. The number of rotatable bonds is 9. The molecule has 0 heterocycles. The maximum atomic E-state index is 12.7. The molecule has 0 aliphatic heterocycles. The number of non-ortho nitro benzene ring substituents is 1. The fourth-order valence-corrected chi connectivity index (χ4v) is 2.48. The van der Waals surface area contributed by atoms with E-state index >= 15 is 0 Å². The Morgan fingerprint density at radius 3 is 2.35 bits per heavy atom. The minimum Gasteiger partial charge on any atom is -0.493 e. The van der Waals surface area contributed by atoms with E-state index in [2.05, 4.69) is 5.32 Å². The smallest absolute Gasteiger partial charge is 0.355 e. The van der Waals surface area contributed by atoms with Crippen LogP contribution in [0.4, 0.5) is 5.69 Å². The van der Waals surface area contributed by atoms with Crippen LogP contribution in [0.3, 0.4) is 0 Å². The maximum absolute atomic E-state index is 12.7. The highest BCUT2D eigenvalue weighted by Crippen LogP contribution is 2.17. The van der Waals surface area contributed by atoms with E-state index < -0.39 is 22.9 Å². The number of nitro benzene ring substituents is 1. The fraction of sp³-hybridized carbons (Fsp3) is 0.304. The van der Waals surface area contributed by atoms with Gasteiger partial charge in [-0.15, -0.1) is 0 Å². The van der Waals surface area contributed by atoms with Crippen molar-refractivity contribution < 1.29 is 24.0 Å². The van der Waals surface area contributed by atoms with Crippen molar-refractivity contribution >= 4 is 23.6 Å². The van der Waals surface area contributed by atoms with Gasteiger partial charge in [-0.1, -0.05) is 26.0 Å². The van der Waals surface area contributed by atoms with Crippen molar-refractivity contribution in [2.24, 2.45) is 5.92 Å². The van der Waals surface area contributed by atoms with Crippen molar-refractivity contribution in [3.8, 4) is 5.75 Å². The third-order valence-corrected chi connectivity index (χ3v) is 3.90. The summed E-state index contributed by atoms with van der Waals surface area (Å²) in [7, 11) is 0. The summed E-state index contributed by atoms with van der Waals surface area (Å²) in [4.78, 5) is 35.6. The zero-order valence-electron chi connectivity index (χ0n) is 18.0. The summed E-state index contributed by atoms with van der Waals surface area (Å²) < 4.78 is 10.8. The molecular weight excluding hydrogens is 400 g/mol. The van der Waals surface area contributed by atoms with Crippen LogP contribution in [0, 0.1) is 16.0 Å². The number of ether oxygens (including phenoxy) is 2. The Balaban J connectivity index is 2.24. The van der Waals surface area contributed by atoms with E-state index in [0.29, 0.717) is 29.4 Å². The van der Waals surface area contributed by atoms with Gasteiger partial charge in [0.15, 0.2) is 0 Å². The number of esters is 1. The number of carbonyl (C=O) groups is 2. The van der Waals surface area contributed by atoms with Gasteiger partial charge in [0.2, 0.25) is 0 Å². The van der Waals surface area contributed by atoms with Gasteiger partial charge in [0.05, 0.1) is 17.6 Å². The van der Waals surface area contributed by atoms with Crippen LogP contribution in [0.15, 0.2) is 54.2 Å². The van der Waals surface area contributed by atoms with Gasteiger partial charge in [-0.25, -0.2) is 4.79 Å². The molecule has 0 aliphatic rings. The summed E-state index contributed by atoms with van der Waals surface area (Å²) in [5.41, 5.74) is 0.440. The summed E-state index contributed by atoms with van der Waals surface area (Å²) in [5.74, 6) is -0.257. The van der Waals surface area contributed by atoms with Crippen LogP contribution in [0.2, 0.25) is 0 Å². The van der Waals surface area contributed by atoms with E-state index in [0.717, 1.165) is 0 Å². The van der Waals surface area contributed by atoms with Crippen LogP contribution in [0.25, 0.3) is 6.08 Å². The topological polar surface area (TPSA) is 108 Å². The van der Waals surface area contributed by atoms with Crippen LogP contribution >= 0.6 is 0 Å². The summed E-state index contributed by atoms with van der Waals surface area (Å²) >= 11 is 0. The Morgan fingerprint density at radius 2 is 1.77 bits per heavy atom. The lowest BCUT2D eigenvalue weighted by Crippen LogP contribution is -2.29. The fourth-order valence-electron chi connectivity index (χ4n) is 2.48. The predicted octanol–water partition coefficient (Wildman–Crippen LogP) is 4.35. The molecule has 0 unspecified atom stereocenters. The number of nitro groups is 1. The van der Waals surface area contributed by atoms with Crippen molar-refractivity contribution in [3.05, 3.63) is 75.5 Å². The number of carbonyl (C=O) groups excluding carboxylic acids is 2. The molecule has 0 aromatic heterocycles. The Kier molecular flexibility index (Phi) is 8.31. The Morgan fingerprint density at radius 1 is 1.10 bits per heavy atom. The standard InChI is InChI=1S/C23H26N2O6/c1-15(2)14-30-20-10-8-18(9-11-20)22(26)24-21(23(27)31-16(3)4)13-17-6-5-7-19(12-17)25(28)29/h5-13,15-16H,14H2,1-4H3,(H,24,26)/b21-13+. The first kappa shape index (κ1) is 23.6. The Bertz CT molecular complexity index is 964. The molecule has 8 nitrogen and oxygen atoms in total. The zero-order valence-corrected chi connectivity index (χ0v) is 18.0. The molecule has 0 aliphatic carbocycles. The maximum Gasteiger partial charge on any atom is 0.355 e. The summed E-state index contributed by atoms with van der Waals surface area (Å²) in [5, 5.41) is 13.5. The van der Waals surface area contributed by atoms with E-state index in [4.69, 9.17) is 9.47 Å². The first-order valence-corrected chi connectivity index (χ1v) is 9.87. The summed E-state index contributed by atoms with van der Waals surface area (Å²) in [6.45, 7) is 7.99. The van der Waals surface area contributed by atoms with Crippen molar-refractivity contribution in [2.45, 2.75) is 33.8 Å². The molecule has 31 heavy (non-hydrogen) atoms. The van der Waals surface area contributed by atoms with Crippen LogP contribution in [0.5, 0.6) is 5.75 Å². The first-order valence-electron chi connectivity index (χ1n) is 9.87. The number of nitrogens with one attached hydrogen (secondary N) is 1. The quantitative estimate of drug-likeness (QED) is 0.276. The number of hydrogen-bond acceptors (Lipinski definition) is 6. The highest BCUT2D eigenvalue weighted by atomic mass is 16.6. The largest absolute Gasteiger partial charge is 0.493 e. The molecule has 0 atom stereocenters. The monoisotopic (exact) mass is 426 g/mol. The molecule has 2 rings (SSSR count). The molecule has 8 heteroatoms. The van der Waals surface area contributed by atoms with Crippen molar-refractivity contribution in [3.63, 3.8) is 0 Å². The Hall–Kier alpha value is -3.68. The number of nitrogens with zero attached hydrogens (tertiary/aromatic N) is 1. The zero-order chi connectivity index (χ0) is 23.0. The molecule has 2 aromatic carbocycles. The summed E-state index contributed by atoms with van der Waals surface area (Å²) in [6, 6.07) is 12.2. The van der Waals surface area contributed by atoms with E-state index in [1.165, 1.54) is 24.3 Å². The lowest BCUT2D eigenvalue weighted by molar-refractivity contribution is -0.384. The van der Waals surface area contributed by atoms with Crippen LogP contribution in [-0.4, -0.2) is 29.5 Å². The SMILES string of the molecule is CC(C)COc1ccc(C(=O)N/C(=C/c2cccc([N+](=O)[O-])c2)C(=O)OC(C)C)cc1.